The van der Waals surface area contributed by atoms with Crippen molar-refractivity contribution in [2.75, 3.05) is 5.32 Å². The fraction of sp³-hybridized carbons (Fsp3) is 0.154. The van der Waals surface area contributed by atoms with Gasteiger partial charge in [-0.05, 0) is 25.1 Å². The predicted molar refractivity (Wildman–Crippen MR) is 83.2 cm³/mol. The van der Waals surface area contributed by atoms with Gasteiger partial charge < -0.3 is 11.1 Å². The van der Waals surface area contributed by atoms with Gasteiger partial charge in [0, 0.05) is 23.8 Å². The molecule has 0 aliphatic rings. The summed E-state index contributed by atoms with van der Waals surface area (Å²) < 4.78 is 1.58. The SMILES string of the molecule is Cc1nn(C)cc1C(=O)Nc1cc(Cl)ccc1C(N)=S. The number of hydrogen-bond donors (Lipinski definition) is 2. The van der Waals surface area contributed by atoms with Crippen molar-refractivity contribution in [1.29, 1.82) is 0 Å². The van der Waals surface area contributed by atoms with Crippen LogP contribution in [-0.2, 0) is 7.05 Å². The number of nitrogens with two attached hydrogens (primary N) is 1. The molecule has 3 N–H and O–H groups in total. The summed E-state index contributed by atoms with van der Waals surface area (Å²) in [5.74, 6) is -0.282. The zero-order valence-corrected chi connectivity index (χ0v) is 12.5. The van der Waals surface area contributed by atoms with E-state index in [1.54, 1.807) is 43.0 Å². The molecule has 0 spiro atoms. The standard InChI is InChI=1S/C13H13ClN4OS/c1-7-10(6-18(2)17-7)13(19)16-11-5-8(14)3-4-9(11)12(15)20/h3-6H,1-2H3,(H2,15,20)(H,16,19). The van der Waals surface area contributed by atoms with Gasteiger partial charge in [0.25, 0.3) is 5.91 Å². The Hall–Kier alpha value is -1.92. The number of aromatic nitrogens is 2. The molecule has 2 rings (SSSR count). The molecule has 2 aromatic rings. The molecule has 1 heterocycles. The average molecular weight is 309 g/mol. The molecule has 7 heteroatoms. The lowest BCUT2D eigenvalue weighted by Gasteiger charge is -2.10. The Morgan fingerprint density at radius 2 is 2.15 bits per heavy atom. The number of amides is 1. The molecule has 0 radical (unpaired) electrons. The zero-order valence-electron chi connectivity index (χ0n) is 11.0. The maximum atomic E-state index is 12.2. The number of nitrogens with zero attached hydrogens (tertiary/aromatic N) is 2. The lowest BCUT2D eigenvalue weighted by molar-refractivity contribution is 0.102. The number of thiocarbonyl (C=S) groups is 1. The number of hydrogen-bond acceptors (Lipinski definition) is 3. The Labute approximate surface area is 126 Å². The van der Waals surface area contributed by atoms with Crippen LogP contribution >= 0.6 is 23.8 Å². The van der Waals surface area contributed by atoms with E-state index in [-0.39, 0.29) is 10.9 Å². The van der Waals surface area contributed by atoms with Crippen LogP contribution < -0.4 is 11.1 Å². The highest BCUT2D eigenvalue weighted by Crippen LogP contribution is 2.22. The minimum Gasteiger partial charge on any atom is -0.389 e. The monoisotopic (exact) mass is 308 g/mol. The minimum atomic E-state index is -0.282. The molecule has 5 nitrogen and oxygen atoms in total. The number of benzene rings is 1. The van der Waals surface area contributed by atoms with E-state index in [0.29, 0.717) is 27.5 Å². The third-order valence-electron chi connectivity index (χ3n) is 2.75. The number of carbonyl (C=O) groups excluding carboxylic acids is 1. The van der Waals surface area contributed by atoms with E-state index in [9.17, 15) is 4.79 Å². The molecule has 0 saturated heterocycles. The van der Waals surface area contributed by atoms with Gasteiger partial charge in [-0.3, -0.25) is 9.48 Å². The third kappa shape index (κ3) is 2.97. The van der Waals surface area contributed by atoms with E-state index in [2.05, 4.69) is 10.4 Å². The molecule has 1 aromatic heterocycles. The molecule has 0 aliphatic heterocycles. The number of anilines is 1. The van der Waals surface area contributed by atoms with Crippen molar-refractivity contribution < 1.29 is 4.79 Å². The smallest absolute Gasteiger partial charge is 0.259 e. The number of carbonyl (C=O) groups is 1. The van der Waals surface area contributed by atoms with Crippen LogP contribution in [0.5, 0.6) is 0 Å². The maximum absolute atomic E-state index is 12.2. The Bertz CT molecular complexity index is 696. The molecular formula is C13H13ClN4OS. The van der Waals surface area contributed by atoms with Crippen LogP contribution in [-0.4, -0.2) is 20.7 Å². The molecule has 0 unspecified atom stereocenters. The quantitative estimate of drug-likeness (QED) is 0.853. The molecular weight excluding hydrogens is 296 g/mol. The van der Waals surface area contributed by atoms with Crippen molar-refractivity contribution in [3.8, 4) is 0 Å². The number of nitrogens with one attached hydrogen (secondary N) is 1. The summed E-state index contributed by atoms with van der Waals surface area (Å²) >= 11 is 10.9. The Morgan fingerprint density at radius 3 is 2.70 bits per heavy atom. The first kappa shape index (κ1) is 14.5. The van der Waals surface area contributed by atoms with Crippen molar-refractivity contribution in [3.63, 3.8) is 0 Å². The van der Waals surface area contributed by atoms with Gasteiger partial charge in [-0.15, -0.1) is 0 Å². The van der Waals surface area contributed by atoms with Crippen molar-refractivity contribution >= 4 is 40.4 Å². The highest BCUT2D eigenvalue weighted by Gasteiger charge is 2.15. The molecule has 0 atom stereocenters. The summed E-state index contributed by atoms with van der Waals surface area (Å²) in [6.45, 7) is 1.77. The Kier molecular flexibility index (Phi) is 4.06. The largest absolute Gasteiger partial charge is 0.389 e. The van der Waals surface area contributed by atoms with Gasteiger partial charge in [0.2, 0.25) is 0 Å². The predicted octanol–water partition coefficient (Wildman–Crippen LogP) is 2.27. The molecule has 1 aromatic carbocycles. The van der Waals surface area contributed by atoms with Crippen molar-refractivity contribution in [2.45, 2.75) is 6.92 Å². The van der Waals surface area contributed by atoms with E-state index in [1.807, 2.05) is 0 Å². The lowest BCUT2D eigenvalue weighted by atomic mass is 10.1. The number of halogens is 1. The molecule has 0 bridgehead atoms. The summed E-state index contributed by atoms with van der Waals surface area (Å²) in [5.41, 5.74) is 7.82. The van der Waals surface area contributed by atoms with Crippen LogP contribution in [0.3, 0.4) is 0 Å². The van der Waals surface area contributed by atoms with Crippen LogP contribution in [0.15, 0.2) is 24.4 Å². The summed E-state index contributed by atoms with van der Waals surface area (Å²) in [5, 5.41) is 7.38. The third-order valence-corrected chi connectivity index (χ3v) is 3.21. The topological polar surface area (TPSA) is 72.9 Å². The second kappa shape index (κ2) is 5.60. The summed E-state index contributed by atoms with van der Waals surface area (Å²) in [6.07, 6.45) is 1.65. The van der Waals surface area contributed by atoms with Gasteiger partial charge in [0.15, 0.2) is 0 Å². The van der Waals surface area contributed by atoms with Gasteiger partial charge in [-0.2, -0.15) is 5.10 Å². The van der Waals surface area contributed by atoms with Crippen LogP contribution in [0, 0.1) is 6.92 Å². The summed E-state index contributed by atoms with van der Waals surface area (Å²) in [6, 6.07) is 4.96. The fourth-order valence-electron chi connectivity index (χ4n) is 1.85. The normalized spacial score (nSPS) is 10.3. The summed E-state index contributed by atoms with van der Waals surface area (Å²) in [4.78, 5) is 12.4. The average Bonchev–Trinajstić information content (AvgIpc) is 2.68. The molecule has 0 aliphatic carbocycles. The minimum absolute atomic E-state index is 0.194. The molecule has 104 valence electrons. The molecule has 0 saturated carbocycles. The molecule has 0 fully saturated rings. The summed E-state index contributed by atoms with van der Waals surface area (Å²) in [7, 11) is 1.75. The fourth-order valence-corrected chi connectivity index (χ4v) is 2.20. The molecule has 1 amide bonds. The van der Waals surface area contributed by atoms with Crippen LogP contribution in [0.2, 0.25) is 5.02 Å². The first-order valence-electron chi connectivity index (χ1n) is 5.79. The first-order chi connectivity index (χ1) is 9.38. The first-order valence-corrected chi connectivity index (χ1v) is 6.58. The second-order valence-electron chi connectivity index (χ2n) is 4.31. The van der Waals surface area contributed by atoms with Gasteiger partial charge in [0.05, 0.1) is 16.9 Å². The van der Waals surface area contributed by atoms with E-state index >= 15 is 0 Å². The van der Waals surface area contributed by atoms with Crippen LogP contribution in [0.4, 0.5) is 5.69 Å². The van der Waals surface area contributed by atoms with E-state index in [4.69, 9.17) is 29.6 Å². The van der Waals surface area contributed by atoms with Gasteiger partial charge in [-0.25, -0.2) is 0 Å². The maximum Gasteiger partial charge on any atom is 0.259 e. The van der Waals surface area contributed by atoms with Gasteiger partial charge >= 0.3 is 0 Å². The van der Waals surface area contributed by atoms with Gasteiger partial charge in [0.1, 0.15) is 4.99 Å². The van der Waals surface area contributed by atoms with Crippen molar-refractivity contribution in [2.24, 2.45) is 12.8 Å². The number of aryl methyl sites for hydroxylation is 2. The second-order valence-corrected chi connectivity index (χ2v) is 5.19. The Morgan fingerprint density at radius 1 is 1.45 bits per heavy atom. The van der Waals surface area contributed by atoms with E-state index in [0.717, 1.165) is 0 Å². The van der Waals surface area contributed by atoms with E-state index < -0.39 is 0 Å². The van der Waals surface area contributed by atoms with Crippen molar-refractivity contribution in [3.05, 3.63) is 46.2 Å². The van der Waals surface area contributed by atoms with Crippen molar-refractivity contribution in [1.82, 2.24) is 9.78 Å². The highest BCUT2D eigenvalue weighted by atomic mass is 35.5. The zero-order chi connectivity index (χ0) is 14.9. The lowest BCUT2D eigenvalue weighted by Crippen LogP contribution is -2.18. The Balaban J connectivity index is 2.34. The number of rotatable bonds is 3. The van der Waals surface area contributed by atoms with Gasteiger partial charge in [-0.1, -0.05) is 23.8 Å². The molecule has 20 heavy (non-hydrogen) atoms. The highest BCUT2D eigenvalue weighted by molar-refractivity contribution is 7.80. The van der Waals surface area contributed by atoms with E-state index in [1.165, 1.54) is 0 Å². The van der Waals surface area contributed by atoms with Crippen LogP contribution in [0.1, 0.15) is 21.6 Å². The van der Waals surface area contributed by atoms with Crippen LogP contribution in [0.25, 0.3) is 0 Å².